The third kappa shape index (κ3) is 4.33. The second kappa shape index (κ2) is 8.97. The van der Waals surface area contributed by atoms with Crippen LogP contribution in [0.15, 0.2) is 49.2 Å². The molecule has 0 radical (unpaired) electrons. The monoisotopic (exact) mass is 469 g/mol. The Kier molecular flexibility index (Phi) is 5.37. The van der Waals surface area contributed by atoms with Gasteiger partial charge in [0.1, 0.15) is 5.82 Å². The molecular formula is C23H23N11O. The Morgan fingerprint density at radius 1 is 1.06 bits per heavy atom. The maximum Gasteiger partial charge on any atom is 0.232 e. The van der Waals surface area contributed by atoms with Gasteiger partial charge in [-0.05, 0) is 18.6 Å². The van der Waals surface area contributed by atoms with Gasteiger partial charge in [-0.2, -0.15) is 9.97 Å². The van der Waals surface area contributed by atoms with Gasteiger partial charge in [0.15, 0.2) is 22.8 Å². The molecule has 5 heterocycles. The van der Waals surface area contributed by atoms with Crippen molar-refractivity contribution < 1.29 is 4.79 Å². The van der Waals surface area contributed by atoms with Crippen LogP contribution in [0.1, 0.15) is 18.7 Å². The number of amides is 1. The Labute approximate surface area is 199 Å². The number of aromatic nitrogens is 8. The lowest BCUT2D eigenvalue weighted by Gasteiger charge is -2.16. The smallest absolute Gasteiger partial charge is 0.232 e. The number of hydrogen-bond donors (Lipinski definition) is 3. The number of H-pyrrole nitrogens is 1. The average Bonchev–Trinajstić information content (AvgIpc) is 3.60. The van der Waals surface area contributed by atoms with E-state index >= 15 is 0 Å². The summed E-state index contributed by atoms with van der Waals surface area (Å²) < 4.78 is 1.94. The molecule has 3 N–H and O–H groups in total. The van der Waals surface area contributed by atoms with E-state index in [1.807, 2.05) is 33.7 Å². The molecule has 6 rings (SSSR count). The number of carbonyl (C=O) groups excluding carboxylic acids is 1. The number of fused-ring (bicyclic) bond motifs is 2. The number of anilines is 3. The highest BCUT2D eigenvalue weighted by atomic mass is 16.2. The van der Waals surface area contributed by atoms with Crippen LogP contribution in [0.4, 0.5) is 17.6 Å². The first-order valence-electron chi connectivity index (χ1n) is 11.4. The molecule has 12 heteroatoms. The first kappa shape index (κ1) is 21.0. The Bertz CT molecular complexity index is 1460. The van der Waals surface area contributed by atoms with Crippen molar-refractivity contribution in [3.05, 3.63) is 55.0 Å². The minimum absolute atomic E-state index is 0.197. The van der Waals surface area contributed by atoms with Gasteiger partial charge in [0.05, 0.1) is 30.1 Å². The number of nitrogens with one attached hydrogen (secondary N) is 3. The molecule has 0 aliphatic carbocycles. The lowest BCUT2D eigenvalue weighted by atomic mass is 10.3. The number of imidazole rings is 2. The molecule has 1 saturated heterocycles. The zero-order valence-corrected chi connectivity index (χ0v) is 18.8. The van der Waals surface area contributed by atoms with Gasteiger partial charge in [-0.1, -0.05) is 12.1 Å². The molecule has 5 aromatic rings. The molecule has 1 fully saturated rings. The van der Waals surface area contributed by atoms with E-state index in [0.717, 1.165) is 29.8 Å². The number of aromatic amines is 1. The van der Waals surface area contributed by atoms with E-state index in [-0.39, 0.29) is 5.91 Å². The fourth-order valence-electron chi connectivity index (χ4n) is 4.19. The molecule has 0 atom stereocenters. The van der Waals surface area contributed by atoms with Crippen molar-refractivity contribution in [2.24, 2.45) is 0 Å². The van der Waals surface area contributed by atoms with Crippen LogP contribution >= 0.6 is 0 Å². The molecule has 35 heavy (non-hydrogen) atoms. The molecule has 12 nitrogen and oxygen atoms in total. The zero-order valence-electron chi connectivity index (χ0n) is 18.8. The largest absolute Gasteiger partial charge is 0.361 e. The van der Waals surface area contributed by atoms with Crippen molar-refractivity contribution in [2.45, 2.75) is 25.9 Å². The van der Waals surface area contributed by atoms with Crippen LogP contribution in [0.3, 0.4) is 0 Å². The number of nitrogens with zero attached hydrogens (tertiary/aromatic N) is 8. The molecule has 0 saturated carbocycles. The maximum absolute atomic E-state index is 12.0. The minimum atomic E-state index is 0.197. The number of rotatable bonds is 8. The van der Waals surface area contributed by atoms with Crippen LogP contribution in [0.25, 0.3) is 22.2 Å². The molecule has 0 spiro atoms. The molecule has 176 valence electrons. The van der Waals surface area contributed by atoms with Gasteiger partial charge in [0, 0.05) is 38.4 Å². The molecule has 1 aromatic carbocycles. The predicted octanol–water partition coefficient (Wildman–Crippen LogP) is 2.47. The Hall–Kier alpha value is -4.61. The van der Waals surface area contributed by atoms with Crippen molar-refractivity contribution in [1.82, 2.24) is 44.4 Å². The Balaban J connectivity index is 1.30. The third-order valence-electron chi connectivity index (χ3n) is 5.91. The summed E-state index contributed by atoms with van der Waals surface area (Å²) in [6.45, 7) is 2.43. The van der Waals surface area contributed by atoms with Gasteiger partial charge in [0.2, 0.25) is 11.9 Å². The minimum Gasteiger partial charge on any atom is -0.361 e. The zero-order chi connectivity index (χ0) is 23.6. The summed E-state index contributed by atoms with van der Waals surface area (Å²) >= 11 is 0. The number of likely N-dealkylation sites (tertiary alicyclic amines) is 1. The van der Waals surface area contributed by atoms with Crippen LogP contribution in [0.5, 0.6) is 0 Å². The lowest BCUT2D eigenvalue weighted by Crippen LogP contribution is -2.28. The number of carbonyl (C=O) groups is 1. The summed E-state index contributed by atoms with van der Waals surface area (Å²) in [7, 11) is 0. The van der Waals surface area contributed by atoms with E-state index in [1.165, 1.54) is 0 Å². The summed E-state index contributed by atoms with van der Waals surface area (Å²) in [4.78, 5) is 44.1. The summed E-state index contributed by atoms with van der Waals surface area (Å²) in [5.74, 6) is 2.45. The first-order valence-corrected chi connectivity index (χ1v) is 11.4. The normalized spacial score (nSPS) is 13.7. The van der Waals surface area contributed by atoms with Crippen molar-refractivity contribution in [3.8, 4) is 0 Å². The van der Waals surface area contributed by atoms with Gasteiger partial charge >= 0.3 is 0 Å². The second-order valence-electron chi connectivity index (χ2n) is 8.26. The van der Waals surface area contributed by atoms with Crippen molar-refractivity contribution in [2.75, 3.05) is 23.7 Å². The van der Waals surface area contributed by atoms with Crippen molar-refractivity contribution >= 4 is 45.7 Å². The van der Waals surface area contributed by atoms with Gasteiger partial charge in [-0.15, -0.1) is 0 Å². The average molecular weight is 470 g/mol. The summed E-state index contributed by atoms with van der Waals surface area (Å²) in [5, 5.41) is 6.46. The number of para-hydroxylation sites is 2. The molecule has 0 bridgehead atoms. The molecule has 0 unspecified atom stereocenters. The van der Waals surface area contributed by atoms with E-state index in [0.29, 0.717) is 54.8 Å². The summed E-state index contributed by atoms with van der Waals surface area (Å²) in [5.41, 5.74) is 3.18. The highest BCUT2D eigenvalue weighted by molar-refractivity contribution is 5.85. The highest BCUT2D eigenvalue weighted by Gasteiger charge is 2.21. The van der Waals surface area contributed by atoms with Crippen LogP contribution < -0.4 is 10.6 Å². The fourth-order valence-corrected chi connectivity index (χ4v) is 4.19. The number of hydrogen-bond acceptors (Lipinski definition) is 9. The van der Waals surface area contributed by atoms with E-state index in [2.05, 4.69) is 45.5 Å². The van der Waals surface area contributed by atoms with Crippen LogP contribution in [0.2, 0.25) is 0 Å². The van der Waals surface area contributed by atoms with Crippen LogP contribution in [-0.2, 0) is 17.9 Å². The maximum atomic E-state index is 12.0. The van der Waals surface area contributed by atoms with Gasteiger partial charge in [-0.25, -0.2) is 15.0 Å². The predicted molar refractivity (Wildman–Crippen MR) is 130 cm³/mol. The Morgan fingerprint density at radius 3 is 2.83 bits per heavy atom. The van der Waals surface area contributed by atoms with E-state index in [9.17, 15) is 4.79 Å². The summed E-state index contributed by atoms with van der Waals surface area (Å²) in [6, 6.07) is 7.89. The van der Waals surface area contributed by atoms with Gasteiger partial charge in [-0.3, -0.25) is 9.78 Å². The quantitative estimate of drug-likeness (QED) is 0.312. The summed E-state index contributed by atoms with van der Waals surface area (Å²) in [6.07, 6.45) is 8.06. The molecule has 1 aliphatic rings. The van der Waals surface area contributed by atoms with Crippen molar-refractivity contribution in [1.29, 1.82) is 0 Å². The highest BCUT2D eigenvalue weighted by Crippen LogP contribution is 2.23. The number of benzene rings is 1. The van der Waals surface area contributed by atoms with E-state index < -0.39 is 0 Å². The van der Waals surface area contributed by atoms with Crippen molar-refractivity contribution in [3.63, 3.8) is 0 Å². The van der Waals surface area contributed by atoms with Crippen LogP contribution in [-0.4, -0.2) is 63.4 Å². The third-order valence-corrected chi connectivity index (χ3v) is 5.91. The van der Waals surface area contributed by atoms with Crippen LogP contribution in [0, 0.1) is 0 Å². The molecule has 4 aromatic heterocycles. The van der Waals surface area contributed by atoms with Gasteiger partial charge < -0.3 is 25.1 Å². The topological polar surface area (TPSA) is 142 Å². The molecular weight excluding hydrogens is 446 g/mol. The molecule has 1 aliphatic heterocycles. The molecule has 1 amide bonds. The second-order valence-corrected chi connectivity index (χ2v) is 8.26. The van der Waals surface area contributed by atoms with E-state index in [4.69, 9.17) is 0 Å². The fraction of sp³-hybridized carbons (Fsp3) is 0.261. The first-order chi connectivity index (χ1) is 17.2. The Morgan fingerprint density at radius 2 is 2.00 bits per heavy atom. The van der Waals surface area contributed by atoms with E-state index in [1.54, 1.807) is 24.9 Å². The lowest BCUT2D eigenvalue weighted by molar-refractivity contribution is -0.127. The van der Waals surface area contributed by atoms with Gasteiger partial charge in [0.25, 0.3) is 0 Å². The SMILES string of the molecule is O=C1CCCN1CCn1cnc2c(NCc3nc4ccccc4[nH]3)nc(Nc3cnccn3)nc21. The standard InChI is InChI=1S/C23H23N11O/c35-19-6-3-9-33(19)10-11-34-14-27-20-21(26-13-18-28-15-4-1-2-5-16(15)29-18)31-23(32-22(20)34)30-17-12-24-7-8-25-17/h1-2,4-5,7-8,12,14H,3,6,9-11,13H2,(H,28,29)(H2,25,26,30,31,32).